The fraction of sp³-hybridized carbons (Fsp3) is 0.500. The van der Waals surface area contributed by atoms with Gasteiger partial charge in [0, 0.05) is 6.54 Å². The van der Waals surface area contributed by atoms with Gasteiger partial charge in [0.15, 0.2) is 5.75 Å². The van der Waals surface area contributed by atoms with E-state index in [9.17, 15) is 5.11 Å². The molecule has 0 aliphatic rings. The second-order valence-corrected chi connectivity index (χ2v) is 4.86. The molecule has 2 unspecified atom stereocenters. The Balaban J connectivity index is 2.92. The molecule has 0 bridgehead atoms. The lowest BCUT2D eigenvalue weighted by Gasteiger charge is -2.17. The molecule has 0 spiro atoms. The summed E-state index contributed by atoms with van der Waals surface area (Å²) in [5.41, 5.74) is 6.35. The van der Waals surface area contributed by atoms with Gasteiger partial charge in [-0.25, -0.2) is 0 Å². The Labute approximate surface area is 111 Å². The van der Waals surface area contributed by atoms with Gasteiger partial charge in [0.25, 0.3) is 0 Å². The van der Waals surface area contributed by atoms with E-state index in [1.54, 1.807) is 12.1 Å². The van der Waals surface area contributed by atoms with E-state index in [0.29, 0.717) is 22.2 Å². The van der Waals surface area contributed by atoms with Crippen molar-refractivity contribution in [3.63, 3.8) is 0 Å². The molecule has 96 valence electrons. The van der Waals surface area contributed by atoms with Crippen LogP contribution in [0.3, 0.4) is 0 Å². The van der Waals surface area contributed by atoms with Crippen LogP contribution in [-0.4, -0.2) is 24.9 Å². The van der Waals surface area contributed by atoms with Crippen LogP contribution in [0.15, 0.2) is 12.1 Å². The number of nitrogens with two attached hydrogens (primary N) is 1. The number of methoxy groups -OCH3 is 1. The number of hydrogen-bond donors (Lipinski definition) is 2. The lowest BCUT2D eigenvalue weighted by molar-refractivity contribution is 0.165. The van der Waals surface area contributed by atoms with E-state index < -0.39 is 6.10 Å². The number of hydrogen-bond acceptors (Lipinski definition) is 3. The van der Waals surface area contributed by atoms with Crippen molar-refractivity contribution in [2.75, 3.05) is 13.7 Å². The molecule has 1 rings (SSSR count). The summed E-state index contributed by atoms with van der Waals surface area (Å²) in [5, 5.41) is 10.5. The van der Waals surface area contributed by atoms with E-state index in [-0.39, 0.29) is 12.5 Å². The predicted molar refractivity (Wildman–Crippen MR) is 71.1 cm³/mol. The van der Waals surface area contributed by atoms with Crippen molar-refractivity contribution in [3.8, 4) is 5.75 Å². The van der Waals surface area contributed by atoms with E-state index in [2.05, 4.69) is 0 Å². The van der Waals surface area contributed by atoms with Crippen molar-refractivity contribution in [1.29, 1.82) is 0 Å². The van der Waals surface area contributed by atoms with Gasteiger partial charge in [0.05, 0.1) is 23.3 Å². The van der Waals surface area contributed by atoms with Gasteiger partial charge in [0.1, 0.15) is 0 Å². The van der Waals surface area contributed by atoms with Crippen molar-refractivity contribution in [3.05, 3.63) is 27.7 Å². The number of ether oxygens (including phenoxy) is 1. The Morgan fingerprint density at radius 1 is 1.35 bits per heavy atom. The zero-order valence-corrected chi connectivity index (χ0v) is 11.4. The van der Waals surface area contributed by atoms with Crippen LogP contribution in [0, 0.1) is 0 Å². The van der Waals surface area contributed by atoms with Crippen LogP contribution in [0.2, 0.25) is 10.0 Å². The first kappa shape index (κ1) is 14.6. The minimum Gasteiger partial charge on any atom is -0.494 e. The molecule has 0 saturated heterocycles. The van der Waals surface area contributed by atoms with E-state index in [0.717, 1.165) is 5.56 Å². The average Bonchev–Trinajstić information content (AvgIpc) is 2.28. The fourth-order valence-corrected chi connectivity index (χ4v) is 2.36. The first-order valence-corrected chi connectivity index (χ1v) is 6.16. The van der Waals surface area contributed by atoms with E-state index >= 15 is 0 Å². The number of halogens is 2. The van der Waals surface area contributed by atoms with Crippen molar-refractivity contribution in [1.82, 2.24) is 0 Å². The van der Waals surface area contributed by atoms with Crippen molar-refractivity contribution in [2.24, 2.45) is 5.73 Å². The van der Waals surface area contributed by atoms with Gasteiger partial charge >= 0.3 is 0 Å². The Bertz CT molecular complexity index is 362. The third-order valence-electron chi connectivity index (χ3n) is 2.69. The molecule has 0 aliphatic heterocycles. The smallest absolute Gasteiger partial charge is 0.156 e. The Kier molecular flexibility index (Phi) is 5.53. The van der Waals surface area contributed by atoms with Crippen LogP contribution >= 0.6 is 23.2 Å². The summed E-state index contributed by atoms with van der Waals surface area (Å²) in [6, 6.07) is 3.61. The topological polar surface area (TPSA) is 55.5 Å². The van der Waals surface area contributed by atoms with Crippen LogP contribution < -0.4 is 10.5 Å². The molecule has 0 aliphatic carbocycles. The minimum atomic E-state index is -0.510. The van der Waals surface area contributed by atoms with Crippen LogP contribution in [0.1, 0.15) is 24.8 Å². The molecule has 0 saturated carbocycles. The second-order valence-electron chi connectivity index (χ2n) is 4.04. The maximum absolute atomic E-state index is 9.51. The normalized spacial score (nSPS) is 14.5. The van der Waals surface area contributed by atoms with Gasteiger partial charge in [-0.15, -0.1) is 0 Å². The first-order valence-electron chi connectivity index (χ1n) is 5.40. The molecule has 0 radical (unpaired) electrons. The van der Waals surface area contributed by atoms with E-state index in [1.165, 1.54) is 7.11 Å². The summed E-state index contributed by atoms with van der Waals surface area (Å²) < 4.78 is 5.08. The van der Waals surface area contributed by atoms with Gasteiger partial charge in [-0.2, -0.15) is 0 Å². The van der Waals surface area contributed by atoms with Crippen LogP contribution in [0.25, 0.3) is 0 Å². The Hall–Kier alpha value is -0.480. The molecular weight excluding hydrogens is 261 g/mol. The number of rotatable bonds is 5. The van der Waals surface area contributed by atoms with Gasteiger partial charge in [0.2, 0.25) is 0 Å². The summed E-state index contributed by atoms with van der Waals surface area (Å²) in [6.45, 7) is 2.25. The molecule has 1 aromatic carbocycles. The van der Waals surface area contributed by atoms with Crippen LogP contribution in [0.4, 0.5) is 0 Å². The van der Waals surface area contributed by atoms with Crippen LogP contribution in [0.5, 0.6) is 5.75 Å². The van der Waals surface area contributed by atoms with Crippen LogP contribution in [-0.2, 0) is 0 Å². The van der Waals surface area contributed by atoms with Gasteiger partial charge in [-0.05, 0) is 30.0 Å². The fourth-order valence-electron chi connectivity index (χ4n) is 1.70. The maximum Gasteiger partial charge on any atom is 0.156 e. The highest BCUT2D eigenvalue weighted by atomic mass is 35.5. The van der Waals surface area contributed by atoms with Crippen molar-refractivity contribution in [2.45, 2.75) is 25.4 Å². The largest absolute Gasteiger partial charge is 0.494 e. The number of aliphatic hydroxyl groups excluding tert-OH is 1. The quantitative estimate of drug-likeness (QED) is 0.870. The molecule has 1 aromatic rings. The summed E-state index contributed by atoms with van der Waals surface area (Å²) in [6.07, 6.45) is 0.0693. The lowest BCUT2D eigenvalue weighted by Crippen LogP contribution is -2.21. The zero-order chi connectivity index (χ0) is 13.0. The highest BCUT2D eigenvalue weighted by Crippen LogP contribution is 2.36. The Morgan fingerprint density at radius 3 is 2.29 bits per heavy atom. The van der Waals surface area contributed by atoms with Crippen molar-refractivity contribution < 1.29 is 9.84 Å². The van der Waals surface area contributed by atoms with E-state index in [1.807, 2.05) is 6.92 Å². The molecule has 0 heterocycles. The SMILES string of the molecule is COc1c(Cl)cc(C(C)CC(O)CN)cc1Cl. The highest BCUT2D eigenvalue weighted by Gasteiger charge is 2.15. The summed E-state index contributed by atoms with van der Waals surface area (Å²) in [4.78, 5) is 0. The molecule has 17 heavy (non-hydrogen) atoms. The zero-order valence-electron chi connectivity index (χ0n) is 9.91. The van der Waals surface area contributed by atoms with E-state index in [4.69, 9.17) is 33.7 Å². The second kappa shape index (κ2) is 6.45. The standard InChI is InChI=1S/C12H17Cl2NO2/c1-7(3-9(16)6-15)8-4-10(13)12(17-2)11(14)5-8/h4-5,7,9,16H,3,6,15H2,1-2H3. The average molecular weight is 278 g/mol. The molecule has 0 aromatic heterocycles. The summed E-state index contributed by atoms with van der Waals surface area (Å²) in [5.74, 6) is 0.609. The van der Waals surface area contributed by atoms with Crippen molar-refractivity contribution >= 4 is 23.2 Å². The summed E-state index contributed by atoms with van der Waals surface area (Å²) >= 11 is 12.1. The Morgan fingerprint density at radius 2 is 1.88 bits per heavy atom. The molecule has 0 fully saturated rings. The monoisotopic (exact) mass is 277 g/mol. The number of benzene rings is 1. The molecular formula is C12H17Cl2NO2. The minimum absolute atomic E-state index is 0.134. The first-order chi connectivity index (χ1) is 7.99. The third kappa shape index (κ3) is 3.75. The van der Waals surface area contributed by atoms with Gasteiger partial charge < -0.3 is 15.6 Å². The molecule has 3 nitrogen and oxygen atoms in total. The molecule has 0 amide bonds. The lowest BCUT2D eigenvalue weighted by atomic mass is 9.95. The molecule has 3 N–H and O–H groups in total. The third-order valence-corrected chi connectivity index (χ3v) is 3.25. The summed E-state index contributed by atoms with van der Waals surface area (Å²) in [7, 11) is 1.52. The number of aliphatic hydroxyl groups is 1. The predicted octanol–water partition coefficient (Wildman–Crippen LogP) is 2.82. The highest BCUT2D eigenvalue weighted by molar-refractivity contribution is 6.37. The molecule has 5 heteroatoms. The van der Waals surface area contributed by atoms with Gasteiger partial charge in [-0.1, -0.05) is 30.1 Å². The van der Waals surface area contributed by atoms with Gasteiger partial charge in [-0.3, -0.25) is 0 Å². The molecule has 2 atom stereocenters. The maximum atomic E-state index is 9.51.